The number of urea groups is 1. The van der Waals surface area contributed by atoms with E-state index in [-0.39, 0.29) is 31.1 Å². The Kier molecular flexibility index (Phi) is 6.51. The number of nitrogens with two attached hydrogens (primary N) is 1. The summed E-state index contributed by atoms with van der Waals surface area (Å²) in [6.45, 7) is 8.54. The number of nitrogens with one attached hydrogen (secondary N) is 1. The van der Waals surface area contributed by atoms with Crippen molar-refractivity contribution in [3.05, 3.63) is 29.8 Å². The van der Waals surface area contributed by atoms with Gasteiger partial charge in [0.15, 0.2) is 6.61 Å². The molecule has 5 amide bonds. The largest absolute Gasteiger partial charge is 0.484 e. The van der Waals surface area contributed by atoms with Crippen LogP contribution < -0.4 is 15.8 Å². The highest BCUT2D eigenvalue weighted by atomic mass is 16.5. The normalized spacial score (nSPS) is 18.9. The fraction of sp³-hybridized carbons (Fsp3) is 0.500. The van der Waals surface area contributed by atoms with Gasteiger partial charge in [-0.25, -0.2) is 4.79 Å². The zero-order chi connectivity index (χ0) is 21.9. The molecule has 0 radical (unpaired) electrons. The Morgan fingerprint density at radius 1 is 1.14 bits per heavy atom. The molecule has 29 heavy (non-hydrogen) atoms. The SMILES string of the molecule is CC(C)N(C(=O)CN1C(=O)NC(C)(c2ccc(OCC(N)=O)cc2)C1=O)C(C)C. The first-order valence-electron chi connectivity index (χ1n) is 9.44. The lowest BCUT2D eigenvalue weighted by Crippen LogP contribution is -2.49. The molecule has 0 saturated carbocycles. The molecule has 158 valence electrons. The van der Waals surface area contributed by atoms with Crippen LogP contribution in [0.2, 0.25) is 0 Å². The lowest BCUT2D eigenvalue weighted by Gasteiger charge is -2.32. The summed E-state index contributed by atoms with van der Waals surface area (Å²) in [5, 5.41) is 2.67. The first-order chi connectivity index (χ1) is 13.5. The Morgan fingerprint density at radius 2 is 1.69 bits per heavy atom. The van der Waals surface area contributed by atoms with E-state index in [1.165, 1.54) is 0 Å². The van der Waals surface area contributed by atoms with Gasteiger partial charge in [0.2, 0.25) is 5.91 Å². The van der Waals surface area contributed by atoms with Crippen LogP contribution in [0.5, 0.6) is 5.75 Å². The summed E-state index contributed by atoms with van der Waals surface area (Å²) < 4.78 is 5.20. The molecule has 0 spiro atoms. The summed E-state index contributed by atoms with van der Waals surface area (Å²) in [5.41, 5.74) is 4.27. The van der Waals surface area contributed by atoms with Crippen LogP contribution in [0.1, 0.15) is 40.2 Å². The Labute approximate surface area is 170 Å². The molecule has 1 aromatic rings. The van der Waals surface area contributed by atoms with E-state index in [1.54, 1.807) is 36.1 Å². The molecule has 1 atom stereocenters. The Bertz CT molecular complexity index is 798. The van der Waals surface area contributed by atoms with Gasteiger partial charge in [0, 0.05) is 12.1 Å². The van der Waals surface area contributed by atoms with Crippen molar-refractivity contribution < 1.29 is 23.9 Å². The monoisotopic (exact) mass is 404 g/mol. The molecule has 1 saturated heterocycles. The van der Waals surface area contributed by atoms with Gasteiger partial charge in [-0.15, -0.1) is 0 Å². The van der Waals surface area contributed by atoms with Gasteiger partial charge in [0.25, 0.3) is 11.8 Å². The fourth-order valence-corrected chi connectivity index (χ4v) is 3.46. The van der Waals surface area contributed by atoms with E-state index in [9.17, 15) is 19.2 Å². The van der Waals surface area contributed by atoms with E-state index >= 15 is 0 Å². The molecule has 3 N–H and O–H groups in total. The summed E-state index contributed by atoms with van der Waals surface area (Å²) in [7, 11) is 0. The zero-order valence-electron chi connectivity index (χ0n) is 17.4. The standard InChI is InChI=1S/C20H28N4O5/c1-12(2)24(13(3)4)17(26)10-23-18(27)20(5,22-19(23)28)14-6-8-15(9-7-14)29-11-16(21)25/h6-9,12-13H,10-11H2,1-5H3,(H2,21,25)(H,22,28). The third kappa shape index (κ3) is 4.67. The van der Waals surface area contributed by atoms with Crippen molar-refractivity contribution in [1.82, 2.24) is 15.1 Å². The second kappa shape index (κ2) is 8.50. The number of ether oxygens (including phenoxy) is 1. The molecular weight excluding hydrogens is 376 g/mol. The summed E-state index contributed by atoms with van der Waals surface area (Å²) in [6.07, 6.45) is 0. The third-order valence-electron chi connectivity index (χ3n) is 4.78. The van der Waals surface area contributed by atoms with E-state index < -0.39 is 23.4 Å². The van der Waals surface area contributed by atoms with Crippen molar-refractivity contribution in [2.24, 2.45) is 5.73 Å². The number of amides is 5. The van der Waals surface area contributed by atoms with Crippen LogP contribution in [-0.2, 0) is 19.9 Å². The maximum absolute atomic E-state index is 13.0. The molecule has 0 bridgehead atoms. The molecule has 1 heterocycles. The van der Waals surface area contributed by atoms with Gasteiger partial charge in [-0.05, 0) is 52.3 Å². The van der Waals surface area contributed by atoms with E-state index in [0.29, 0.717) is 11.3 Å². The van der Waals surface area contributed by atoms with Gasteiger partial charge in [-0.1, -0.05) is 12.1 Å². The topological polar surface area (TPSA) is 122 Å². The average molecular weight is 404 g/mol. The molecule has 0 aromatic heterocycles. The quantitative estimate of drug-likeness (QED) is 0.625. The van der Waals surface area contributed by atoms with Crippen LogP contribution in [0.3, 0.4) is 0 Å². The third-order valence-corrected chi connectivity index (χ3v) is 4.78. The lowest BCUT2D eigenvalue weighted by atomic mass is 9.92. The molecule has 1 aromatic carbocycles. The van der Waals surface area contributed by atoms with Crippen LogP contribution in [-0.4, -0.2) is 58.8 Å². The number of benzene rings is 1. The van der Waals surface area contributed by atoms with Crippen LogP contribution in [0.25, 0.3) is 0 Å². The molecular formula is C20H28N4O5. The smallest absolute Gasteiger partial charge is 0.325 e. The average Bonchev–Trinajstić information content (AvgIpc) is 2.84. The first kappa shape index (κ1) is 22.2. The second-order valence-corrected chi connectivity index (χ2v) is 7.71. The van der Waals surface area contributed by atoms with Crippen molar-refractivity contribution in [2.45, 2.75) is 52.2 Å². The number of carbonyl (C=O) groups is 4. The molecule has 9 heteroatoms. The van der Waals surface area contributed by atoms with Crippen molar-refractivity contribution in [3.8, 4) is 5.75 Å². The van der Waals surface area contributed by atoms with Gasteiger partial charge in [-0.3, -0.25) is 19.3 Å². The van der Waals surface area contributed by atoms with Crippen molar-refractivity contribution in [3.63, 3.8) is 0 Å². The number of primary amides is 1. The summed E-state index contributed by atoms with van der Waals surface area (Å²) in [4.78, 5) is 51.6. The fourth-order valence-electron chi connectivity index (χ4n) is 3.46. The van der Waals surface area contributed by atoms with Crippen molar-refractivity contribution >= 4 is 23.8 Å². The highest BCUT2D eigenvalue weighted by Crippen LogP contribution is 2.30. The maximum Gasteiger partial charge on any atom is 0.325 e. The number of nitrogens with zero attached hydrogens (tertiary/aromatic N) is 2. The number of rotatable bonds is 8. The van der Waals surface area contributed by atoms with Gasteiger partial charge in [0.05, 0.1) is 0 Å². The molecule has 1 aliphatic rings. The number of hydrogen-bond acceptors (Lipinski definition) is 5. The van der Waals surface area contributed by atoms with Gasteiger partial charge < -0.3 is 20.7 Å². The van der Waals surface area contributed by atoms with Gasteiger partial charge in [0.1, 0.15) is 17.8 Å². The van der Waals surface area contributed by atoms with Crippen LogP contribution in [0.15, 0.2) is 24.3 Å². The molecule has 1 unspecified atom stereocenters. The molecule has 0 aliphatic carbocycles. The molecule has 2 rings (SSSR count). The van der Waals surface area contributed by atoms with Crippen LogP contribution in [0.4, 0.5) is 4.79 Å². The predicted octanol–water partition coefficient (Wildman–Crippen LogP) is 0.963. The Morgan fingerprint density at radius 3 is 2.17 bits per heavy atom. The highest BCUT2D eigenvalue weighted by Gasteiger charge is 2.49. The first-order valence-corrected chi connectivity index (χ1v) is 9.44. The minimum absolute atomic E-state index is 0.0532. The second-order valence-electron chi connectivity index (χ2n) is 7.71. The van der Waals surface area contributed by atoms with Gasteiger partial charge in [-0.2, -0.15) is 0 Å². The minimum Gasteiger partial charge on any atom is -0.484 e. The lowest BCUT2D eigenvalue weighted by molar-refractivity contribution is -0.141. The van der Waals surface area contributed by atoms with Crippen LogP contribution in [0, 0.1) is 0 Å². The van der Waals surface area contributed by atoms with E-state index in [1.807, 2.05) is 27.7 Å². The van der Waals surface area contributed by atoms with Crippen LogP contribution >= 0.6 is 0 Å². The summed E-state index contributed by atoms with van der Waals surface area (Å²) >= 11 is 0. The molecule has 1 aliphatic heterocycles. The van der Waals surface area contributed by atoms with Crippen molar-refractivity contribution in [2.75, 3.05) is 13.2 Å². The highest BCUT2D eigenvalue weighted by molar-refractivity contribution is 6.09. The zero-order valence-corrected chi connectivity index (χ0v) is 17.4. The molecule has 9 nitrogen and oxygen atoms in total. The number of hydrogen-bond donors (Lipinski definition) is 2. The predicted molar refractivity (Wildman–Crippen MR) is 106 cm³/mol. The minimum atomic E-state index is -1.31. The summed E-state index contributed by atoms with van der Waals surface area (Å²) in [5.74, 6) is -0.993. The van der Waals surface area contributed by atoms with E-state index in [2.05, 4.69) is 5.32 Å². The van der Waals surface area contributed by atoms with Crippen molar-refractivity contribution in [1.29, 1.82) is 0 Å². The number of carbonyl (C=O) groups excluding carboxylic acids is 4. The number of imide groups is 1. The molecule has 1 fully saturated rings. The van der Waals surface area contributed by atoms with E-state index in [4.69, 9.17) is 10.5 Å². The Balaban J connectivity index is 2.18. The summed E-state index contributed by atoms with van der Waals surface area (Å²) in [6, 6.07) is 5.67. The Hall–Kier alpha value is -3.10. The maximum atomic E-state index is 13.0. The van der Waals surface area contributed by atoms with Gasteiger partial charge >= 0.3 is 6.03 Å². The van der Waals surface area contributed by atoms with E-state index in [0.717, 1.165) is 4.90 Å².